The number of hydrogen-bond acceptors (Lipinski definition) is 3. The van der Waals surface area contributed by atoms with Crippen molar-refractivity contribution >= 4 is 20.8 Å². The average Bonchev–Trinajstić information content (AvgIpc) is 2.58. The van der Waals surface area contributed by atoms with Crippen LogP contribution in [-0.4, -0.2) is 19.9 Å². The lowest BCUT2D eigenvalue weighted by Gasteiger charge is -2.19. The van der Waals surface area contributed by atoms with Crippen LogP contribution in [0.15, 0.2) is 12.1 Å². The summed E-state index contributed by atoms with van der Waals surface area (Å²) in [5, 5.41) is 1.25. The van der Waals surface area contributed by atoms with Crippen LogP contribution in [0, 0.1) is 0 Å². The van der Waals surface area contributed by atoms with Gasteiger partial charge in [-0.1, -0.05) is 26.1 Å². The number of rotatable bonds is 3. The molecule has 0 spiro atoms. The fourth-order valence-electron chi connectivity index (χ4n) is 1.85. The van der Waals surface area contributed by atoms with Crippen LogP contribution in [0.2, 0.25) is 5.31 Å². The largest absolute Gasteiger partial charge is 0.496 e. The molecule has 1 aliphatic rings. The molecule has 3 nitrogen and oxygen atoms in total. The van der Waals surface area contributed by atoms with E-state index in [0.717, 1.165) is 22.6 Å². The summed E-state index contributed by atoms with van der Waals surface area (Å²) < 4.78 is 17.2. The zero-order chi connectivity index (χ0) is 14.3. The molecule has 0 N–H and O–H groups in total. The Labute approximate surface area is 118 Å². The van der Waals surface area contributed by atoms with Gasteiger partial charge >= 0.3 is 0 Å². The summed E-state index contributed by atoms with van der Waals surface area (Å²) in [5.41, 5.74) is 0. The SMILES string of the molecule is COc1ccc2c(c1P[B]C(C)(C)C)OC(C)(C)O2. The highest BCUT2D eigenvalue weighted by Gasteiger charge is 2.35. The number of benzene rings is 1. The smallest absolute Gasteiger partial charge is 0.246 e. The van der Waals surface area contributed by atoms with Crippen LogP contribution in [-0.2, 0) is 0 Å². The zero-order valence-corrected chi connectivity index (χ0v) is 13.5. The minimum absolute atomic E-state index is 0.168. The molecule has 0 saturated carbocycles. The third-order valence-corrected chi connectivity index (χ3v) is 4.43. The van der Waals surface area contributed by atoms with E-state index < -0.39 is 5.79 Å². The summed E-state index contributed by atoms with van der Waals surface area (Å²) in [7, 11) is 2.21. The van der Waals surface area contributed by atoms with Gasteiger partial charge in [0, 0.05) is 13.8 Å². The Morgan fingerprint density at radius 2 is 1.89 bits per heavy atom. The van der Waals surface area contributed by atoms with Crippen LogP contribution in [0.25, 0.3) is 0 Å². The molecule has 1 unspecified atom stereocenters. The first kappa shape index (κ1) is 14.5. The van der Waals surface area contributed by atoms with E-state index >= 15 is 0 Å². The summed E-state index contributed by atoms with van der Waals surface area (Å²) >= 11 is 0. The van der Waals surface area contributed by atoms with Gasteiger partial charge < -0.3 is 14.2 Å². The van der Waals surface area contributed by atoms with Gasteiger partial charge in [-0.05, 0) is 12.1 Å². The van der Waals surface area contributed by atoms with Crippen molar-refractivity contribution < 1.29 is 14.2 Å². The van der Waals surface area contributed by atoms with Crippen molar-refractivity contribution in [2.24, 2.45) is 0 Å². The second-order valence-electron chi connectivity index (χ2n) is 6.23. The van der Waals surface area contributed by atoms with Crippen LogP contribution in [0.5, 0.6) is 17.2 Å². The molecule has 103 valence electrons. The van der Waals surface area contributed by atoms with E-state index in [1.807, 2.05) is 26.0 Å². The van der Waals surface area contributed by atoms with Crippen LogP contribution >= 0.6 is 8.46 Å². The van der Waals surface area contributed by atoms with E-state index in [4.69, 9.17) is 14.2 Å². The molecule has 1 radical (unpaired) electrons. The van der Waals surface area contributed by atoms with Crippen molar-refractivity contribution in [1.29, 1.82) is 0 Å². The van der Waals surface area contributed by atoms with Crippen molar-refractivity contribution in [2.45, 2.75) is 45.7 Å². The molecule has 1 aromatic carbocycles. The Kier molecular flexibility index (Phi) is 3.75. The molecule has 0 aromatic heterocycles. The second-order valence-corrected chi connectivity index (χ2v) is 7.31. The van der Waals surface area contributed by atoms with E-state index in [-0.39, 0.29) is 5.31 Å². The van der Waals surface area contributed by atoms with Gasteiger partial charge in [0.25, 0.3) is 0 Å². The molecule has 5 heteroatoms. The fraction of sp³-hybridized carbons (Fsp3) is 0.571. The molecule has 2 rings (SSSR count). The maximum atomic E-state index is 5.92. The Morgan fingerprint density at radius 3 is 2.47 bits per heavy atom. The fourth-order valence-corrected chi connectivity index (χ4v) is 3.06. The van der Waals surface area contributed by atoms with Gasteiger partial charge in [-0.2, -0.15) is 0 Å². The zero-order valence-electron chi connectivity index (χ0n) is 12.5. The summed E-state index contributed by atoms with van der Waals surface area (Å²) in [5.74, 6) is 1.88. The minimum atomic E-state index is -0.602. The number of hydrogen-bond donors (Lipinski definition) is 0. The van der Waals surface area contributed by atoms with Gasteiger partial charge in [0.05, 0.1) is 12.4 Å². The summed E-state index contributed by atoms with van der Waals surface area (Å²) in [6.45, 7) is 12.7. The third kappa shape index (κ3) is 3.36. The third-order valence-electron chi connectivity index (χ3n) is 2.66. The maximum Gasteiger partial charge on any atom is 0.246 e. The molecule has 1 heterocycles. The van der Waals surface area contributed by atoms with Gasteiger partial charge in [0.1, 0.15) is 5.75 Å². The highest BCUT2D eigenvalue weighted by molar-refractivity contribution is 7.77. The van der Waals surface area contributed by atoms with Crippen LogP contribution in [0.1, 0.15) is 34.6 Å². The molecular weight excluding hydrogens is 258 g/mol. The first-order valence-electron chi connectivity index (χ1n) is 6.42. The van der Waals surface area contributed by atoms with Crippen LogP contribution < -0.4 is 19.5 Å². The highest BCUT2D eigenvalue weighted by Crippen LogP contribution is 2.44. The lowest BCUT2D eigenvalue weighted by Crippen LogP contribution is -2.30. The van der Waals surface area contributed by atoms with Gasteiger partial charge in [-0.25, -0.2) is 0 Å². The van der Waals surface area contributed by atoms with Crippen molar-refractivity contribution in [3.63, 3.8) is 0 Å². The van der Waals surface area contributed by atoms with Crippen LogP contribution in [0.3, 0.4) is 0 Å². The first-order valence-corrected chi connectivity index (χ1v) is 7.49. The number of methoxy groups -OCH3 is 1. The predicted octanol–water partition coefficient (Wildman–Crippen LogP) is 3.34. The Hall–Kier alpha value is -0.885. The van der Waals surface area contributed by atoms with E-state index in [0.29, 0.717) is 8.46 Å². The van der Waals surface area contributed by atoms with Crippen molar-refractivity contribution in [1.82, 2.24) is 0 Å². The first-order chi connectivity index (χ1) is 8.72. The average molecular weight is 279 g/mol. The van der Waals surface area contributed by atoms with Crippen molar-refractivity contribution in [3.05, 3.63) is 12.1 Å². The van der Waals surface area contributed by atoms with Gasteiger partial charge in [0.15, 0.2) is 18.5 Å². The Bertz CT molecular complexity index is 480. The second kappa shape index (κ2) is 4.90. The monoisotopic (exact) mass is 279 g/mol. The van der Waals surface area contributed by atoms with Crippen molar-refractivity contribution in [2.75, 3.05) is 7.11 Å². The summed E-state index contributed by atoms with van der Waals surface area (Å²) in [4.78, 5) is 0. The molecule has 0 bridgehead atoms. The Morgan fingerprint density at radius 1 is 1.21 bits per heavy atom. The Balaban J connectivity index is 2.33. The molecule has 0 aliphatic carbocycles. The van der Waals surface area contributed by atoms with Crippen molar-refractivity contribution in [3.8, 4) is 17.2 Å². The number of fused-ring (bicyclic) bond motifs is 1. The minimum Gasteiger partial charge on any atom is -0.496 e. The predicted molar refractivity (Wildman–Crippen MR) is 81.7 cm³/mol. The highest BCUT2D eigenvalue weighted by atomic mass is 31.1. The molecule has 0 amide bonds. The molecular formula is C14H21BO3P. The molecule has 0 fully saturated rings. The standard InChI is InChI=1S/C14H21BO3P/c1-13(2,3)15-19-12-10(16-6)8-7-9-11(12)18-14(4,5)17-9/h7-8,19H,1-6H3. The van der Waals surface area contributed by atoms with E-state index in [1.165, 1.54) is 0 Å². The van der Waals surface area contributed by atoms with E-state index in [2.05, 4.69) is 27.8 Å². The number of ether oxygens (including phenoxy) is 3. The molecule has 1 atom stereocenters. The van der Waals surface area contributed by atoms with Gasteiger partial charge in [0.2, 0.25) is 5.79 Å². The van der Waals surface area contributed by atoms with E-state index in [1.54, 1.807) is 7.11 Å². The lowest BCUT2D eigenvalue weighted by atomic mass is 9.73. The molecule has 1 aliphatic heterocycles. The maximum absolute atomic E-state index is 5.92. The quantitative estimate of drug-likeness (QED) is 0.627. The molecule has 19 heavy (non-hydrogen) atoms. The summed E-state index contributed by atoms with van der Waals surface area (Å²) in [6, 6.07) is 3.86. The summed E-state index contributed by atoms with van der Waals surface area (Å²) in [6.07, 6.45) is 0. The normalized spacial score (nSPS) is 16.9. The van der Waals surface area contributed by atoms with E-state index in [9.17, 15) is 0 Å². The topological polar surface area (TPSA) is 27.7 Å². The van der Waals surface area contributed by atoms with Gasteiger partial charge in [-0.3, -0.25) is 0 Å². The van der Waals surface area contributed by atoms with Crippen LogP contribution in [0.4, 0.5) is 0 Å². The lowest BCUT2D eigenvalue weighted by molar-refractivity contribution is -0.0427. The molecule has 1 aromatic rings. The van der Waals surface area contributed by atoms with Gasteiger partial charge in [-0.15, -0.1) is 8.46 Å². The molecule has 0 saturated heterocycles.